The molecular weight excluding hydrogens is 668 g/mol. The van der Waals surface area contributed by atoms with E-state index in [9.17, 15) is 9.59 Å². The highest BCUT2D eigenvalue weighted by molar-refractivity contribution is 6.09. The zero-order valence-corrected chi connectivity index (χ0v) is 32.0. The number of imidazole rings is 1. The van der Waals surface area contributed by atoms with Gasteiger partial charge in [0.25, 0.3) is 5.91 Å². The number of anilines is 3. The molecule has 280 valence electrons. The highest BCUT2D eigenvalue weighted by atomic mass is 19.1. The molecule has 53 heavy (non-hydrogen) atoms. The highest BCUT2D eigenvalue weighted by Gasteiger charge is 2.55. The number of carbonyl (C=O) groups excluding carboxylic acids is 2. The lowest BCUT2D eigenvalue weighted by molar-refractivity contribution is -0.125. The van der Waals surface area contributed by atoms with Crippen LogP contribution in [0.2, 0.25) is 0 Å². The number of rotatable bonds is 8. The number of benzene rings is 2. The van der Waals surface area contributed by atoms with Gasteiger partial charge in [0.15, 0.2) is 5.82 Å². The molecule has 3 aliphatic heterocycles. The minimum Gasteiger partial charge on any atom is -0.350 e. The van der Waals surface area contributed by atoms with E-state index in [4.69, 9.17) is 9.97 Å². The molecule has 3 fully saturated rings. The van der Waals surface area contributed by atoms with Crippen molar-refractivity contribution in [2.75, 3.05) is 43.4 Å². The molecule has 10 nitrogen and oxygen atoms in total. The highest BCUT2D eigenvalue weighted by Crippen LogP contribution is 2.52. The Morgan fingerprint density at radius 2 is 1.70 bits per heavy atom. The van der Waals surface area contributed by atoms with Crippen molar-refractivity contribution < 1.29 is 14.0 Å². The number of nitrogens with zero attached hydrogens (tertiary/aromatic N) is 6. The van der Waals surface area contributed by atoms with Crippen LogP contribution in [0.4, 0.5) is 21.6 Å². The van der Waals surface area contributed by atoms with Crippen molar-refractivity contribution in [3.8, 4) is 11.3 Å². The van der Waals surface area contributed by atoms with E-state index in [2.05, 4.69) is 64.4 Å². The molecule has 2 saturated heterocycles. The van der Waals surface area contributed by atoms with Gasteiger partial charge in [-0.15, -0.1) is 0 Å². The second-order valence-electron chi connectivity index (χ2n) is 16.5. The fraction of sp³-hybridized carbons (Fsp3) is 0.524. The molecule has 1 saturated carbocycles. The van der Waals surface area contributed by atoms with Crippen LogP contribution < -0.4 is 15.5 Å². The van der Waals surface area contributed by atoms with Crippen molar-refractivity contribution in [2.45, 2.75) is 109 Å². The maximum atomic E-state index is 15.7. The Kier molecular flexibility index (Phi) is 9.29. The Labute approximate surface area is 312 Å². The van der Waals surface area contributed by atoms with E-state index in [0.717, 1.165) is 66.6 Å². The molecular formula is C42H53FN8O2. The number of likely N-dealkylation sites (tertiary alicyclic amines) is 2. The Morgan fingerprint density at radius 1 is 0.962 bits per heavy atom. The number of aryl methyl sites for hydroxylation is 1. The van der Waals surface area contributed by atoms with Gasteiger partial charge < -0.3 is 29.9 Å². The molecule has 4 aromatic rings. The SMILES string of the molecule is Cc1cc(F)c(Nc2nc(-c3ccc4c(c3)N(C3CC(N5CCCCC5)C3)C(=O)C43CCN(C)CC3)cc3ncn(C(C)C)c23)cc1C(=O)NC(C)C. The fourth-order valence-corrected chi connectivity index (χ4v) is 9.11. The fourth-order valence-electron chi connectivity index (χ4n) is 9.11. The number of nitrogens with one attached hydrogen (secondary N) is 2. The van der Waals surface area contributed by atoms with Crippen molar-refractivity contribution in [3.05, 3.63) is 65.2 Å². The molecule has 2 amide bonds. The van der Waals surface area contributed by atoms with Gasteiger partial charge in [-0.2, -0.15) is 0 Å². The summed E-state index contributed by atoms with van der Waals surface area (Å²) in [4.78, 5) is 44.8. The number of pyridine rings is 1. The van der Waals surface area contributed by atoms with Crippen LogP contribution in [0.1, 0.15) is 100 Å². The molecule has 11 heteroatoms. The van der Waals surface area contributed by atoms with Gasteiger partial charge in [-0.3, -0.25) is 9.59 Å². The molecule has 4 aliphatic rings. The van der Waals surface area contributed by atoms with Crippen LogP contribution in [0.5, 0.6) is 0 Å². The van der Waals surface area contributed by atoms with E-state index in [0.29, 0.717) is 28.7 Å². The number of aromatic nitrogens is 3. The van der Waals surface area contributed by atoms with Gasteiger partial charge in [0.05, 0.1) is 28.6 Å². The molecule has 2 N–H and O–H groups in total. The zero-order chi connectivity index (χ0) is 37.2. The average Bonchev–Trinajstić information content (AvgIpc) is 3.64. The largest absolute Gasteiger partial charge is 0.350 e. The number of halogens is 1. The summed E-state index contributed by atoms with van der Waals surface area (Å²) in [5, 5.41) is 6.20. The molecule has 0 radical (unpaired) electrons. The van der Waals surface area contributed by atoms with Crippen LogP contribution in [-0.4, -0.2) is 87.5 Å². The minimum atomic E-state index is -0.501. The van der Waals surface area contributed by atoms with E-state index in [1.54, 1.807) is 19.3 Å². The number of hydrogen-bond donors (Lipinski definition) is 2. The molecule has 5 heterocycles. The van der Waals surface area contributed by atoms with E-state index in [1.165, 1.54) is 38.4 Å². The van der Waals surface area contributed by atoms with Crippen molar-refractivity contribution in [1.82, 2.24) is 29.7 Å². The van der Waals surface area contributed by atoms with Crippen molar-refractivity contribution in [2.24, 2.45) is 0 Å². The Morgan fingerprint density at radius 3 is 2.40 bits per heavy atom. The van der Waals surface area contributed by atoms with Crippen LogP contribution in [0.25, 0.3) is 22.3 Å². The predicted molar refractivity (Wildman–Crippen MR) is 208 cm³/mol. The molecule has 1 aliphatic carbocycles. The molecule has 2 aromatic carbocycles. The van der Waals surface area contributed by atoms with Crippen LogP contribution in [0.3, 0.4) is 0 Å². The normalized spacial score (nSPS) is 21.8. The summed E-state index contributed by atoms with van der Waals surface area (Å²) >= 11 is 0. The summed E-state index contributed by atoms with van der Waals surface area (Å²) in [7, 11) is 2.14. The summed E-state index contributed by atoms with van der Waals surface area (Å²) in [5.74, 6) is -0.0234. The number of hydrogen-bond acceptors (Lipinski definition) is 7. The van der Waals surface area contributed by atoms with Gasteiger partial charge in [0, 0.05) is 41.0 Å². The van der Waals surface area contributed by atoms with Gasteiger partial charge in [-0.25, -0.2) is 14.4 Å². The van der Waals surface area contributed by atoms with Gasteiger partial charge in [-0.05, 0) is 142 Å². The van der Waals surface area contributed by atoms with Crippen LogP contribution in [-0.2, 0) is 10.2 Å². The van der Waals surface area contributed by atoms with Crippen LogP contribution in [0, 0.1) is 12.7 Å². The molecule has 0 bridgehead atoms. The monoisotopic (exact) mass is 720 g/mol. The summed E-state index contributed by atoms with van der Waals surface area (Å²) < 4.78 is 17.7. The van der Waals surface area contributed by atoms with Crippen molar-refractivity contribution in [1.29, 1.82) is 0 Å². The maximum absolute atomic E-state index is 15.7. The summed E-state index contributed by atoms with van der Waals surface area (Å²) in [5.41, 5.74) is 5.79. The first-order valence-corrected chi connectivity index (χ1v) is 19.6. The first-order chi connectivity index (χ1) is 25.4. The van der Waals surface area contributed by atoms with Crippen LogP contribution in [0.15, 0.2) is 42.7 Å². The van der Waals surface area contributed by atoms with Crippen LogP contribution >= 0.6 is 0 Å². The second-order valence-corrected chi connectivity index (χ2v) is 16.5. The third-order valence-electron chi connectivity index (χ3n) is 12.2. The number of fused-ring (bicyclic) bond motifs is 3. The minimum absolute atomic E-state index is 0.0602. The molecule has 8 rings (SSSR count). The lowest BCUT2D eigenvalue weighted by Crippen LogP contribution is -2.58. The van der Waals surface area contributed by atoms with E-state index in [1.807, 2.05) is 24.5 Å². The second kappa shape index (κ2) is 13.8. The standard InChI is InChI=1S/C42H53FN8O2/c1-25(2)45-40(52)31-22-35(33(43)18-27(31)5)47-39-38-36(44-24-50(38)26(3)4)23-34(46-39)28-10-11-32-37(19-28)51(41(53)42(32)12-16-48(6)17-13-42)30-20-29(21-30)49-14-8-7-9-15-49/h10-11,18-19,22-26,29-30H,7-9,12-17,20-21H2,1-6H3,(H,45,52)(H,46,47). The van der Waals surface area contributed by atoms with E-state index in [-0.39, 0.29) is 35.6 Å². The first kappa shape index (κ1) is 35.7. The Balaban J connectivity index is 1.19. The van der Waals surface area contributed by atoms with Gasteiger partial charge in [0.1, 0.15) is 11.3 Å². The van der Waals surface area contributed by atoms with Gasteiger partial charge in [-0.1, -0.05) is 18.6 Å². The maximum Gasteiger partial charge on any atom is 0.251 e. The summed E-state index contributed by atoms with van der Waals surface area (Å²) in [6.45, 7) is 13.8. The Hall–Kier alpha value is -4.35. The molecule has 0 atom stereocenters. The molecule has 1 spiro atoms. The molecule has 0 unspecified atom stereocenters. The number of carbonyl (C=O) groups is 2. The predicted octanol–water partition coefficient (Wildman–Crippen LogP) is 7.34. The third-order valence-corrected chi connectivity index (χ3v) is 12.2. The van der Waals surface area contributed by atoms with Crippen molar-refractivity contribution >= 4 is 40.0 Å². The number of piperidine rings is 2. The third kappa shape index (κ3) is 6.29. The summed E-state index contributed by atoms with van der Waals surface area (Å²) in [6.07, 6.45) is 9.29. The van der Waals surface area contributed by atoms with E-state index < -0.39 is 11.2 Å². The van der Waals surface area contributed by atoms with E-state index >= 15 is 4.39 Å². The molecule has 2 aromatic heterocycles. The quantitative estimate of drug-likeness (QED) is 0.197. The van der Waals surface area contributed by atoms with Crippen molar-refractivity contribution in [3.63, 3.8) is 0 Å². The lowest BCUT2D eigenvalue weighted by atomic mass is 9.73. The summed E-state index contributed by atoms with van der Waals surface area (Å²) in [6, 6.07) is 12.1. The smallest absolute Gasteiger partial charge is 0.251 e. The lowest BCUT2D eigenvalue weighted by Gasteiger charge is -2.48. The van der Waals surface area contributed by atoms with Gasteiger partial charge in [0.2, 0.25) is 5.91 Å². The number of amides is 2. The average molecular weight is 721 g/mol. The zero-order valence-electron chi connectivity index (χ0n) is 32.0. The van der Waals surface area contributed by atoms with Gasteiger partial charge >= 0.3 is 0 Å². The topological polar surface area (TPSA) is 98.6 Å². The Bertz CT molecular complexity index is 2050. The first-order valence-electron chi connectivity index (χ1n) is 19.6.